The Hall–Kier alpha value is -1.56. The van der Waals surface area contributed by atoms with Gasteiger partial charge < -0.3 is 5.32 Å². The smallest absolute Gasteiger partial charge is 0.246 e. The number of nitrogens with one attached hydrogen (secondary N) is 2. The molecule has 1 heterocycles. The summed E-state index contributed by atoms with van der Waals surface area (Å²) in [5.41, 5.74) is -0.265. The molecule has 0 bridgehead atoms. The predicted octanol–water partition coefficient (Wildman–Crippen LogP) is 0.867. The van der Waals surface area contributed by atoms with E-state index in [0.29, 0.717) is 25.1 Å². The molecule has 0 aromatic heterocycles. The van der Waals surface area contributed by atoms with Crippen LogP contribution in [0.2, 0.25) is 0 Å². The topological polar surface area (TPSA) is 82.0 Å². The van der Waals surface area contributed by atoms with Crippen LogP contribution in [0.15, 0.2) is 17.0 Å². The third-order valence-corrected chi connectivity index (χ3v) is 4.59. The summed E-state index contributed by atoms with van der Waals surface area (Å²) in [6.45, 7) is 1.20. The number of piperidine rings is 1. The van der Waals surface area contributed by atoms with Gasteiger partial charge in [0.05, 0.1) is 11.6 Å². The third-order valence-electron chi connectivity index (χ3n) is 3.01. The van der Waals surface area contributed by atoms with E-state index in [4.69, 9.17) is 5.26 Å². The maximum atomic E-state index is 13.7. The van der Waals surface area contributed by atoms with Crippen molar-refractivity contribution in [2.24, 2.45) is 0 Å². The number of halogens is 2. The molecule has 0 unspecified atom stereocenters. The number of nitrogens with zero attached hydrogens (tertiary/aromatic N) is 1. The summed E-state index contributed by atoms with van der Waals surface area (Å²) >= 11 is 0. The average molecular weight is 301 g/mol. The summed E-state index contributed by atoms with van der Waals surface area (Å²) in [4.78, 5) is -1.04. The van der Waals surface area contributed by atoms with Crippen molar-refractivity contribution in [3.8, 4) is 6.07 Å². The molecule has 1 fully saturated rings. The summed E-state index contributed by atoms with van der Waals surface area (Å²) in [6, 6.07) is 2.57. The molecule has 1 saturated heterocycles. The van der Waals surface area contributed by atoms with Crippen LogP contribution in [-0.2, 0) is 10.0 Å². The molecule has 0 spiro atoms. The highest BCUT2D eigenvalue weighted by Crippen LogP contribution is 2.21. The van der Waals surface area contributed by atoms with E-state index < -0.39 is 32.6 Å². The Kier molecular flexibility index (Phi) is 4.32. The Morgan fingerprint density at radius 1 is 1.35 bits per heavy atom. The molecule has 1 aromatic carbocycles. The molecule has 108 valence electrons. The van der Waals surface area contributed by atoms with Gasteiger partial charge >= 0.3 is 0 Å². The average Bonchev–Trinajstić information content (AvgIpc) is 2.37. The Bertz CT molecular complexity index is 626. The van der Waals surface area contributed by atoms with E-state index in [1.54, 1.807) is 6.07 Å². The zero-order valence-electron chi connectivity index (χ0n) is 10.5. The van der Waals surface area contributed by atoms with Crippen LogP contribution in [0.3, 0.4) is 0 Å². The molecule has 2 N–H and O–H groups in total. The zero-order chi connectivity index (χ0) is 14.8. The maximum Gasteiger partial charge on any atom is 0.246 e. The zero-order valence-corrected chi connectivity index (χ0v) is 11.3. The third kappa shape index (κ3) is 3.12. The lowest BCUT2D eigenvalue weighted by Gasteiger charge is -2.23. The van der Waals surface area contributed by atoms with Crippen molar-refractivity contribution in [1.82, 2.24) is 10.0 Å². The van der Waals surface area contributed by atoms with Gasteiger partial charge in [0.15, 0.2) is 4.90 Å². The molecule has 8 heteroatoms. The molecule has 5 nitrogen and oxygen atoms in total. The van der Waals surface area contributed by atoms with Crippen molar-refractivity contribution in [3.05, 3.63) is 29.3 Å². The highest BCUT2D eigenvalue weighted by Gasteiger charge is 2.28. The van der Waals surface area contributed by atoms with Gasteiger partial charge in [0.25, 0.3) is 0 Å². The fourth-order valence-electron chi connectivity index (χ4n) is 2.11. The van der Waals surface area contributed by atoms with Gasteiger partial charge in [0, 0.05) is 12.6 Å². The largest absolute Gasteiger partial charge is 0.315 e. The number of benzene rings is 1. The minimum Gasteiger partial charge on any atom is -0.315 e. The van der Waals surface area contributed by atoms with Crippen molar-refractivity contribution in [3.63, 3.8) is 0 Å². The molecule has 2 rings (SSSR count). The molecule has 20 heavy (non-hydrogen) atoms. The van der Waals surface area contributed by atoms with Crippen LogP contribution in [-0.4, -0.2) is 27.5 Å². The summed E-state index contributed by atoms with van der Waals surface area (Å²) in [6.07, 6.45) is 1.39. The molecule has 0 radical (unpaired) electrons. The SMILES string of the molecule is N#Cc1cc(F)c(S(=O)(=O)N[C@H]2CCCNC2)c(F)c1. The number of sulfonamides is 1. The quantitative estimate of drug-likeness (QED) is 0.868. The molecule has 1 atom stereocenters. The van der Waals surface area contributed by atoms with Crippen LogP contribution < -0.4 is 10.0 Å². The van der Waals surface area contributed by atoms with Gasteiger partial charge in [-0.15, -0.1) is 0 Å². The van der Waals surface area contributed by atoms with Crippen LogP contribution >= 0.6 is 0 Å². The predicted molar refractivity (Wildman–Crippen MR) is 67.3 cm³/mol. The number of hydrogen-bond donors (Lipinski definition) is 2. The van der Waals surface area contributed by atoms with E-state index in [9.17, 15) is 17.2 Å². The van der Waals surface area contributed by atoms with Crippen LogP contribution in [0.25, 0.3) is 0 Å². The number of nitriles is 1. The fraction of sp³-hybridized carbons (Fsp3) is 0.417. The van der Waals surface area contributed by atoms with Crippen LogP contribution in [0, 0.1) is 23.0 Å². The first-order valence-corrected chi connectivity index (χ1v) is 7.54. The maximum absolute atomic E-state index is 13.7. The van der Waals surface area contributed by atoms with Crippen molar-refractivity contribution >= 4 is 10.0 Å². The van der Waals surface area contributed by atoms with E-state index in [1.165, 1.54) is 0 Å². The lowest BCUT2D eigenvalue weighted by molar-refractivity contribution is 0.425. The lowest BCUT2D eigenvalue weighted by atomic mass is 10.1. The molecular formula is C12H13F2N3O2S. The fourth-order valence-corrected chi connectivity index (χ4v) is 3.50. The van der Waals surface area contributed by atoms with Gasteiger partial charge in [-0.05, 0) is 31.5 Å². The van der Waals surface area contributed by atoms with Gasteiger partial charge in [0.2, 0.25) is 10.0 Å². The second-order valence-corrected chi connectivity index (χ2v) is 6.20. The normalized spacial score (nSPS) is 19.6. The summed E-state index contributed by atoms with van der Waals surface area (Å²) in [5, 5.41) is 11.6. The van der Waals surface area contributed by atoms with Crippen LogP contribution in [0.1, 0.15) is 18.4 Å². The molecule has 0 amide bonds. The minimum atomic E-state index is -4.30. The van der Waals surface area contributed by atoms with Crippen molar-refractivity contribution in [2.75, 3.05) is 13.1 Å². The monoisotopic (exact) mass is 301 g/mol. The van der Waals surface area contributed by atoms with E-state index in [-0.39, 0.29) is 5.56 Å². The van der Waals surface area contributed by atoms with Crippen molar-refractivity contribution in [2.45, 2.75) is 23.8 Å². The molecule has 1 aliphatic rings. The van der Waals surface area contributed by atoms with Gasteiger partial charge in [0.1, 0.15) is 11.6 Å². The second-order valence-electron chi connectivity index (χ2n) is 4.55. The van der Waals surface area contributed by atoms with Crippen molar-refractivity contribution in [1.29, 1.82) is 5.26 Å². The van der Waals surface area contributed by atoms with E-state index >= 15 is 0 Å². The number of hydrogen-bond acceptors (Lipinski definition) is 4. The number of rotatable bonds is 3. The molecule has 1 aliphatic heterocycles. The van der Waals surface area contributed by atoms with Crippen molar-refractivity contribution < 1.29 is 17.2 Å². The summed E-state index contributed by atoms with van der Waals surface area (Å²) in [7, 11) is -4.30. The Labute approximate surface area is 115 Å². The Balaban J connectivity index is 2.32. The molecule has 0 saturated carbocycles. The van der Waals surface area contributed by atoms with Gasteiger partial charge in [-0.3, -0.25) is 0 Å². The summed E-state index contributed by atoms with van der Waals surface area (Å²) in [5.74, 6) is -2.53. The Morgan fingerprint density at radius 2 is 2.00 bits per heavy atom. The van der Waals surface area contributed by atoms with Gasteiger partial charge in [-0.25, -0.2) is 21.9 Å². The first-order valence-electron chi connectivity index (χ1n) is 6.06. The standard InChI is InChI=1S/C12H13F2N3O2S/c13-10-4-8(6-15)5-11(14)12(10)20(18,19)17-9-2-1-3-16-7-9/h4-5,9,16-17H,1-3,7H2/t9-/m0/s1. The van der Waals surface area contributed by atoms with Crippen LogP contribution in [0.4, 0.5) is 8.78 Å². The molecule has 1 aromatic rings. The minimum absolute atomic E-state index is 0.265. The molecular weight excluding hydrogens is 288 g/mol. The second kappa shape index (κ2) is 5.83. The molecule has 0 aliphatic carbocycles. The highest BCUT2D eigenvalue weighted by molar-refractivity contribution is 7.89. The Morgan fingerprint density at radius 3 is 2.50 bits per heavy atom. The highest BCUT2D eigenvalue weighted by atomic mass is 32.2. The first-order chi connectivity index (χ1) is 9.44. The summed E-state index contributed by atoms with van der Waals surface area (Å²) < 4.78 is 53.8. The first kappa shape index (κ1) is 14.8. The van der Waals surface area contributed by atoms with E-state index in [0.717, 1.165) is 13.0 Å². The van der Waals surface area contributed by atoms with Crippen LogP contribution in [0.5, 0.6) is 0 Å². The van der Waals surface area contributed by atoms with E-state index in [1.807, 2.05) is 0 Å². The van der Waals surface area contributed by atoms with Gasteiger partial charge in [-0.2, -0.15) is 5.26 Å². The van der Waals surface area contributed by atoms with E-state index in [2.05, 4.69) is 10.0 Å². The van der Waals surface area contributed by atoms with Gasteiger partial charge in [-0.1, -0.05) is 0 Å². The lowest BCUT2D eigenvalue weighted by Crippen LogP contribution is -2.45.